The summed E-state index contributed by atoms with van der Waals surface area (Å²) in [5.41, 5.74) is 1.79. The van der Waals surface area contributed by atoms with E-state index < -0.39 is 5.97 Å². The lowest BCUT2D eigenvalue weighted by Gasteiger charge is -2.09. The number of rotatable bonds is 4. The third kappa shape index (κ3) is 3.29. The van der Waals surface area contributed by atoms with Crippen LogP contribution in [-0.4, -0.2) is 18.5 Å². The molecule has 1 heterocycles. The van der Waals surface area contributed by atoms with Gasteiger partial charge in [0.15, 0.2) is 0 Å². The number of carbonyl (C=O) groups excluding carboxylic acids is 2. The van der Waals surface area contributed by atoms with E-state index in [4.69, 9.17) is 27.9 Å². The number of carbonyl (C=O) groups is 2. The van der Waals surface area contributed by atoms with Gasteiger partial charge < -0.3 is 10.1 Å². The molecule has 126 valence electrons. The highest BCUT2D eigenvalue weighted by Gasteiger charge is 2.28. The fourth-order valence-electron chi connectivity index (χ4n) is 2.76. The van der Waals surface area contributed by atoms with Crippen molar-refractivity contribution in [3.63, 3.8) is 0 Å². The van der Waals surface area contributed by atoms with Crippen molar-refractivity contribution < 1.29 is 14.3 Å². The molecule has 0 atom stereocenters. The molecule has 0 bridgehead atoms. The molecule has 0 saturated carbocycles. The first-order valence-corrected chi connectivity index (χ1v) is 9.16. The van der Waals surface area contributed by atoms with Crippen LogP contribution in [0.25, 0.3) is 0 Å². The number of aryl methyl sites for hydroxylation is 1. The molecule has 1 N–H and O–H groups in total. The number of fused-ring (bicyclic) bond motifs is 1. The van der Waals surface area contributed by atoms with Gasteiger partial charge in [-0.2, -0.15) is 0 Å². The number of benzene rings is 1. The summed E-state index contributed by atoms with van der Waals surface area (Å²) in [6.45, 7) is 2.05. The molecule has 24 heavy (non-hydrogen) atoms. The molecule has 7 heteroatoms. The molecule has 2 aromatic rings. The zero-order chi connectivity index (χ0) is 17.3. The van der Waals surface area contributed by atoms with Crippen LogP contribution in [0, 0.1) is 0 Å². The van der Waals surface area contributed by atoms with E-state index in [2.05, 4.69) is 5.32 Å². The molecular formula is C17H15Cl2NO3S. The van der Waals surface area contributed by atoms with Gasteiger partial charge in [0.05, 0.1) is 22.8 Å². The lowest BCUT2D eigenvalue weighted by Crippen LogP contribution is -2.15. The zero-order valence-electron chi connectivity index (χ0n) is 12.9. The van der Waals surface area contributed by atoms with Crippen LogP contribution in [0.15, 0.2) is 18.2 Å². The second-order valence-corrected chi connectivity index (χ2v) is 7.31. The van der Waals surface area contributed by atoms with E-state index in [-0.39, 0.29) is 10.9 Å². The number of halogens is 2. The van der Waals surface area contributed by atoms with Crippen molar-refractivity contribution in [1.29, 1.82) is 0 Å². The topological polar surface area (TPSA) is 55.4 Å². The summed E-state index contributed by atoms with van der Waals surface area (Å²) >= 11 is 13.4. The minimum absolute atomic E-state index is 0.266. The lowest BCUT2D eigenvalue weighted by atomic mass is 10.1. The summed E-state index contributed by atoms with van der Waals surface area (Å²) in [5.74, 6) is -0.767. The van der Waals surface area contributed by atoms with Crippen LogP contribution in [0.5, 0.6) is 0 Å². The number of nitrogens with one attached hydrogen (secondary N) is 1. The Balaban J connectivity index is 1.92. The second kappa shape index (κ2) is 7.13. The highest BCUT2D eigenvalue weighted by atomic mass is 35.5. The van der Waals surface area contributed by atoms with Gasteiger partial charge in [0.2, 0.25) is 0 Å². The molecule has 3 rings (SSSR count). The first kappa shape index (κ1) is 17.3. The number of amides is 1. The summed E-state index contributed by atoms with van der Waals surface area (Å²) in [7, 11) is 0. The Morgan fingerprint density at radius 2 is 2.08 bits per heavy atom. The fourth-order valence-corrected chi connectivity index (χ4v) is 4.52. The molecule has 0 aliphatic heterocycles. The quantitative estimate of drug-likeness (QED) is 0.757. The predicted molar refractivity (Wildman–Crippen MR) is 96.7 cm³/mol. The summed E-state index contributed by atoms with van der Waals surface area (Å²) in [5, 5.41) is 4.05. The van der Waals surface area contributed by atoms with Crippen molar-refractivity contribution in [2.45, 2.75) is 26.2 Å². The number of hydrogen-bond donors (Lipinski definition) is 1. The standard InChI is InChI=1S/C17H15Cl2NO3S/c1-2-23-17(22)14-11-4-3-5-13(11)24-16(14)20-15(21)10-7-6-9(18)8-12(10)19/h6-8H,2-5H2,1H3,(H,20,21). The maximum absolute atomic E-state index is 12.5. The van der Waals surface area contributed by atoms with Crippen molar-refractivity contribution in [2.75, 3.05) is 11.9 Å². The Hall–Kier alpha value is -1.56. The van der Waals surface area contributed by atoms with E-state index in [1.807, 2.05) is 0 Å². The van der Waals surface area contributed by atoms with Crippen molar-refractivity contribution >= 4 is 51.4 Å². The van der Waals surface area contributed by atoms with E-state index in [0.29, 0.717) is 27.8 Å². The Morgan fingerprint density at radius 1 is 1.29 bits per heavy atom. The largest absolute Gasteiger partial charge is 0.462 e. The van der Waals surface area contributed by atoms with Gasteiger partial charge in [-0.05, 0) is 49.9 Å². The smallest absolute Gasteiger partial charge is 0.341 e. The molecular weight excluding hydrogens is 369 g/mol. The monoisotopic (exact) mass is 383 g/mol. The van der Waals surface area contributed by atoms with Crippen LogP contribution in [-0.2, 0) is 17.6 Å². The molecule has 0 spiro atoms. The van der Waals surface area contributed by atoms with E-state index in [1.165, 1.54) is 17.4 Å². The first-order valence-electron chi connectivity index (χ1n) is 7.59. The van der Waals surface area contributed by atoms with Crippen molar-refractivity contribution in [2.24, 2.45) is 0 Å². The average Bonchev–Trinajstić information content (AvgIpc) is 3.07. The number of esters is 1. The average molecular weight is 384 g/mol. The maximum atomic E-state index is 12.5. The molecule has 0 fully saturated rings. The molecule has 1 aromatic heterocycles. The van der Waals surface area contributed by atoms with Crippen LogP contribution in [0.2, 0.25) is 10.0 Å². The maximum Gasteiger partial charge on any atom is 0.341 e. The summed E-state index contributed by atoms with van der Waals surface area (Å²) in [6, 6.07) is 4.67. The van der Waals surface area contributed by atoms with E-state index in [1.54, 1.807) is 19.1 Å². The zero-order valence-corrected chi connectivity index (χ0v) is 15.3. The van der Waals surface area contributed by atoms with Gasteiger partial charge in [-0.15, -0.1) is 11.3 Å². The molecule has 1 aliphatic carbocycles. The molecule has 0 saturated heterocycles. The first-order chi connectivity index (χ1) is 11.5. The van der Waals surface area contributed by atoms with Crippen molar-refractivity contribution in [3.8, 4) is 0 Å². The normalized spacial score (nSPS) is 12.8. The molecule has 0 radical (unpaired) electrons. The highest BCUT2D eigenvalue weighted by molar-refractivity contribution is 7.17. The van der Waals surface area contributed by atoms with Crippen LogP contribution < -0.4 is 5.32 Å². The van der Waals surface area contributed by atoms with Crippen LogP contribution in [0.3, 0.4) is 0 Å². The Labute approximate surface area is 153 Å². The molecule has 1 aliphatic rings. The number of thiophene rings is 1. The van der Waals surface area contributed by atoms with E-state index >= 15 is 0 Å². The van der Waals surface area contributed by atoms with Crippen molar-refractivity contribution in [1.82, 2.24) is 0 Å². The number of anilines is 1. The van der Waals surface area contributed by atoms with Crippen LogP contribution >= 0.6 is 34.5 Å². The molecule has 4 nitrogen and oxygen atoms in total. The highest BCUT2D eigenvalue weighted by Crippen LogP contribution is 2.40. The Bertz CT molecular complexity index is 816. The molecule has 0 unspecified atom stereocenters. The van der Waals surface area contributed by atoms with Gasteiger partial charge in [0.1, 0.15) is 5.00 Å². The van der Waals surface area contributed by atoms with E-state index in [9.17, 15) is 9.59 Å². The molecule has 1 amide bonds. The van der Waals surface area contributed by atoms with Crippen LogP contribution in [0.1, 0.15) is 44.5 Å². The lowest BCUT2D eigenvalue weighted by molar-refractivity contribution is 0.0527. The van der Waals surface area contributed by atoms with Gasteiger partial charge in [0, 0.05) is 9.90 Å². The number of ether oxygens (including phenoxy) is 1. The summed E-state index contributed by atoms with van der Waals surface area (Å²) in [6.07, 6.45) is 2.77. The Kier molecular flexibility index (Phi) is 5.13. The summed E-state index contributed by atoms with van der Waals surface area (Å²) < 4.78 is 5.15. The Morgan fingerprint density at radius 3 is 2.79 bits per heavy atom. The van der Waals surface area contributed by atoms with Crippen molar-refractivity contribution in [3.05, 3.63) is 49.8 Å². The predicted octanol–water partition coefficient (Wildman–Crippen LogP) is 4.97. The fraction of sp³-hybridized carbons (Fsp3) is 0.294. The number of hydrogen-bond acceptors (Lipinski definition) is 4. The minimum Gasteiger partial charge on any atom is -0.462 e. The van der Waals surface area contributed by atoms with Gasteiger partial charge in [-0.3, -0.25) is 4.79 Å². The van der Waals surface area contributed by atoms with Crippen LogP contribution in [0.4, 0.5) is 5.00 Å². The van der Waals surface area contributed by atoms with Gasteiger partial charge in [-0.25, -0.2) is 4.79 Å². The molecule has 1 aromatic carbocycles. The third-order valence-corrected chi connectivity index (χ3v) is 5.56. The van der Waals surface area contributed by atoms with Gasteiger partial charge in [-0.1, -0.05) is 23.2 Å². The SMILES string of the molecule is CCOC(=O)c1c(NC(=O)c2ccc(Cl)cc2Cl)sc2c1CCC2. The third-order valence-electron chi connectivity index (χ3n) is 3.80. The second-order valence-electron chi connectivity index (χ2n) is 5.36. The van der Waals surface area contributed by atoms with Gasteiger partial charge in [0.25, 0.3) is 5.91 Å². The van der Waals surface area contributed by atoms with Gasteiger partial charge >= 0.3 is 5.97 Å². The summed E-state index contributed by atoms with van der Waals surface area (Å²) in [4.78, 5) is 26.0. The van der Waals surface area contributed by atoms with E-state index in [0.717, 1.165) is 29.7 Å². The minimum atomic E-state index is -0.394.